The molecule has 1 nitrogen and oxygen atoms in total. The Balaban J connectivity index is 2.23. The molecule has 2 N–H and O–H groups in total. The van der Waals surface area contributed by atoms with Gasteiger partial charge in [-0.15, -0.1) is 0 Å². The van der Waals surface area contributed by atoms with Crippen LogP contribution in [-0.2, 0) is 5.54 Å². The third-order valence-corrected chi connectivity index (χ3v) is 4.72. The molecule has 0 aromatic heterocycles. The summed E-state index contributed by atoms with van der Waals surface area (Å²) in [6, 6.07) is 5.63. The fourth-order valence-corrected chi connectivity index (χ4v) is 3.89. The fraction of sp³-hybridized carbons (Fsp3) is 0.625. The molecule has 0 saturated heterocycles. The Morgan fingerprint density at radius 2 is 2.11 bits per heavy atom. The Morgan fingerprint density at radius 1 is 1.37 bits per heavy atom. The summed E-state index contributed by atoms with van der Waals surface area (Å²) < 4.78 is 0. The SMILES string of the molecule is CC(C)CC1CCCC(N)(c2cc(Cl)ccc2Cl)C1. The summed E-state index contributed by atoms with van der Waals surface area (Å²) >= 11 is 12.4. The highest BCUT2D eigenvalue weighted by molar-refractivity contribution is 6.33. The number of nitrogens with two attached hydrogens (primary N) is 1. The Kier molecular flexibility index (Phi) is 4.81. The summed E-state index contributed by atoms with van der Waals surface area (Å²) in [5.41, 5.74) is 7.39. The maximum absolute atomic E-state index is 6.67. The second-order valence-electron chi connectivity index (χ2n) is 6.37. The molecule has 1 aromatic rings. The molecular weight excluding hydrogens is 277 g/mol. The van der Waals surface area contributed by atoms with Crippen LogP contribution in [0, 0.1) is 11.8 Å². The minimum atomic E-state index is -0.306. The minimum Gasteiger partial charge on any atom is -0.321 e. The molecule has 3 heteroatoms. The number of hydrogen-bond acceptors (Lipinski definition) is 1. The third kappa shape index (κ3) is 3.65. The Hall–Kier alpha value is -0.240. The zero-order chi connectivity index (χ0) is 14.0. The zero-order valence-corrected chi connectivity index (χ0v) is 13.3. The lowest BCUT2D eigenvalue weighted by molar-refractivity contribution is 0.202. The molecule has 0 heterocycles. The molecule has 0 aliphatic heterocycles. The highest BCUT2D eigenvalue weighted by Crippen LogP contribution is 2.43. The molecule has 1 fully saturated rings. The van der Waals surface area contributed by atoms with Gasteiger partial charge < -0.3 is 5.73 Å². The van der Waals surface area contributed by atoms with Gasteiger partial charge in [0.25, 0.3) is 0 Å². The van der Waals surface area contributed by atoms with E-state index in [2.05, 4.69) is 13.8 Å². The van der Waals surface area contributed by atoms with Crippen molar-refractivity contribution >= 4 is 23.2 Å². The van der Waals surface area contributed by atoms with Crippen LogP contribution in [0.3, 0.4) is 0 Å². The minimum absolute atomic E-state index is 0.306. The van der Waals surface area contributed by atoms with Crippen LogP contribution in [0.4, 0.5) is 0 Å². The van der Waals surface area contributed by atoms with Gasteiger partial charge in [0.2, 0.25) is 0 Å². The van der Waals surface area contributed by atoms with Crippen molar-refractivity contribution in [1.29, 1.82) is 0 Å². The van der Waals surface area contributed by atoms with Gasteiger partial charge in [-0.1, -0.05) is 49.9 Å². The molecule has 1 aromatic carbocycles. The van der Waals surface area contributed by atoms with Crippen molar-refractivity contribution in [2.75, 3.05) is 0 Å². The summed E-state index contributed by atoms with van der Waals surface area (Å²) in [5.74, 6) is 1.43. The van der Waals surface area contributed by atoms with Crippen LogP contribution in [0.1, 0.15) is 51.5 Å². The molecule has 1 aliphatic carbocycles. The van der Waals surface area contributed by atoms with Crippen molar-refractivity contribution < 1.29 is 0 Å². The van der Waals surface area contributed by atoms with Gasteiger partial charge in [-0.25, -0.2) is 0 Å². The van der Waals surface area contributed by atoms with Crippen molar-refractivity contribution in [2.24, 2.45) is 17.6 Å². The van der Waals surface area contributed by atoms with Crippen LogP contribution in [0.15, 0.2) is 18.2 Å². The van der Waals surface area contributed by atoms with Crippen molar-refractivity contribution in [2.45, 2.75) is 51.5 Å². The molecule has 19 heavy (non-hydrogen) atoms. The predicted molar refractivity (Wildman–Crippen MR) is 83.7 cm³/mol. The van der Waals surface area contributed by atoms with Gasteiger partial charge in [0.1, 0.15) is 0 Å². The second-order valence-corrected chi connectivity index (χ2v) is 7.22. The van der Waals surface area contributed by atoms with Gasteiger partial charge in [0, 0.05) is 15.6 Å². The fourth-order valence-electron chi connectivity index (χ4n) is 3.42. The quantitative estimate of drug-likeness (QED) is 0.796. The van der Waals surface area contributed by atoms with Gasteiger partial charge in [-0.05, 0) is 54.9 Å². The Morgan fingerprint density at radius 3 is 2.79 bits per heavy atom. The second kappa shape index (κ2) is 6.03. The molecule has 2 atom stereocenters. The van der Waals surface area contributed by atoms with Crippen molar-refractivity contribution in [1.82, 2.24) is 0 Å². The van der Waals surface area contributed by atoms with E-state index in [-0.39, 0.29) is 5.54 Å². The molecule has 1 saturated carbocycles. The monoisotopic (exact) mass is 299 g/mol. The van der Waals surface area contributed by atoms with Crippen LogP contribution >= 0.6 is 23.2 Å². The molecule has 2 unspecified atom stereocenters. The van der Waals surface area contributed by atoms with E-state index in [1.165, 1.54) is 19.3 Å². The first-order valence-corrected chi connectivity index (χ1v) is 7.91. The summed E-state index contributed by atoms with van der Waals surface area (Å²) in [7, 11) is 0. The molecule has 0 radical (unpaired) electrons. The molecular formula is C16H23Cl2N. The molecule has 0 bridgehead atoms. The number of halogens is 2. The molecule has 1 aliphatic rings. The summed E-state index contributed by atoms with van der Waals surface area (Å²) in [6.45, 7) is 4.55. The Bertz CT molecular complexity index is 444. The highest BCUT2D eigenvalue weighted by Gasteiger charge is 2.35. The summed E-state index contributed by atoms with van der Waals surface area (Å²) in [6.07, 6.45) is 5.73. The first-order valence-electron chi connectivity index (χ1n) is 7.15. The topological polar surface area (TPSA) is 26.0 Å². The summed E-state index contributed by atoms with van der Waals surface area (Å²) in [5, 5.41) is 1.47. The zero-order valence-electron chi connectivity index (χ0n) is 11.8. The maximum atomic E-state index is 6.67. The van der Waals surface area contributed by atoms with E-state index >= 15 is 0 Å². The lowest BCUT2D eigenvalue weighted by atomic mass is 9.70. The van der Waals surface area contributed by atoms with E-state index in [0.717, 1.165) is 34.4 Å². The molecule has 106 valence electrons. The predicted octanol–water partition coefficient (Wildman–Crippen LogP) is 5.38. The van der Waals surface area contributed by atoms with E-state index in [1.54, 1.807) is 0 Å². The van der Waals surface area contributed by atoms with Gasteiger partial charge in [-0.3, -0.25) is 0 Å². The highest BCUT2D eigenvalue weighted by atomic mass is 35.5. The molecule has 0 amide bonds. The Labute approximate surface area is 126 Å². The van der Waals surface area contributed by atoms with Gasteiger partial charge in [0.05, 0.1) is 0 Å². The lowest BCUT2D eigenvalue weighted by Crippen LogP contribution is -2.42. The molecule has 2 rings (SSSR count). The van der Waals surface area contributed by atoms with E-state index < -0.39 is 0 Å². The van der Waals surface area contributed by atoms with Crippen LogP contribution < -0.4 is 5.73 Å². The van der Waals surface area contributed by atoms with E-state index in [0.29, 0.717) is 5.92 Å². The number of benzene rings is 1. The first-order chi connectivity index (χ1) is 8.90. The van der Waals surface area contributed by atoms with Crippen LogP contribution in [0.2, 0.25) is 10.0 Å². The maximum Gasteiger partial charge on any atom is 0.0457 e. The van der Waals surface area contributed by atoms with Gasteiger partial charge in [0.15, 0.2) is 0 Å². The van der Waals surface area contributed by atoms with Gasteiger partial charge >= 0.3 is 0 Å². The lowest BCUT2D eigenvalue weighted by Gasteiger charge is -2.39. The number of hydrogen-bond donors (Lipinski definition) is 1. The van der Waals surface area contributed by atoms with Crippen molar-refractivity contribution in [3.63, 3.8) is 0 Å². The van der Waals surface area contributed by atoms with Crippen LogP contribution in [-0.4, -0.2) is 0 Å². The van der Waals surface area contributed by atoms with Crippen LogP contribution in [0.25, 0.3) is 0 Å². The van der Waals surface area contributed by atoms with Crippen LogP contribution in [0.5, 0.6) is 0 Å². The van der Waals surface area contributed by atoms with Crippen molar-refractivity contribution in [3.8, 4) is 0 Å². The smallest absolute Gasteiger partial charge is 0.0457 e. The van der Waals surface area contributed by atoms with E-state index in [9.17, 15) is 0 Å². The standard InChI is InChI=1S/C16H23Cl2N/c1-11(2)8-12-4-3-7-16(19,10-12)14-9-13(17)5-6-15(14)18/h5-6,9,11-12H,3-4,7-8,10,19H2,1-2H3. The first kappa shape index (κ1) is 15.2. The number of rotatable bonds is 3. The van der Waals surface area contributed by atoms with Gasteiger partial charge in [-0.2, -0.15) is 0 Å². The average molecular weight is 300 g/mol. The summed E-state index contributed by atoms with van der Waals surface area (Å²) in [4.78, 5) is 0. The van der Waals surface area contributed by atoms with Crippen molar-refractivity contribution in [3.05, 3.63) is 33.8 Å². The average Bonchev–Trinajstić information content (AvgIpc) is 2.31. The molecule has 0 spiro atoms. The van der Waals surface area contributed by atoms with E-state index in [4.69, 9.17) is 28.9 Å². The largest absolute Gasteiger partial charge is 0.321 e. The normalized spacial score (nSPS) is 27.8. The third-order valence-electron chi connectivity index (χ3n) is 4.16. The van der Waals surface area contributed by atoms with E-state index in [1.807, 2.05) is 18.2 Å².